The SMILES string of the molecule is CC[C@@H](C)NC(=O)[C@H](CC)N(Cc1ccc(F)cc1)C(=O)Cc1ccccc1. The maximum atomic E-state index is 13.3. The number of hydrogen-bond donors (Lipinski definition) is 1. The Labute approximate surface area is 166 Å². The van der Waals surface area contributed by atoms with Crippen molar-refractivity contribution < 1.29 is 14.0 Å². The third-order valence-corrected chi connectivity index (χ3v) is 4.85. The predicted molar refractivity (Wildman–Crippen MR) is 109 cm³/mol. The fourth-order valence-electron chi connectivity index (χ4n) is 3.02. The third-order valence-electron chi connectivity index (χ3n) is 4.85. The van der Waals surface area contributed by atoms with E-state index in [1.54, 1.807) is 17.0 Å². The topological polar surface area (TPSA) is 49.4 Å². The molecule has 0 spiro atoms. The minimum absolute atomic E-state index is 0.0402. The van der Waals surface area contributed by atoms with Gasteiger partial charge in [-0.1, -0.05) is 56.3 Å². The Hall–Kier alpha value is -2.69. The van der Waals surface area contributed by atoms with E-state index in [4.69, 9.17) is 0 Å². The van der Waals surface area contributed by atoms with E-state index in [2.05, 4.69) is 5.32 Å². The zero-order valence-electron chi connectivity index (χ0n) is 16.8. The lowest BCUT2D eigenvalue weighted by Crippen LogP contribution is -2.51. The smallest absolute Gasteiger partial charge is 0.243 e. The number of carbonyl (C=O) groups excluding carboxylic acids is 2. The summed E-state index contributed by atoms with van der Waals surface area (Å²) in [4.78, 5) is 27.5. The summed E-state index contributed by atoms with van der Waals surface area (Å²) in [6.45, 7) is 6.11. The van der Waals surface area contributed by atoms with E-state index in [0.717, 1.165) is 17.5 Å². The summed E-state index contributed by atoms with van der Waals surface area (Å²) in [5, 5.41) is 2.98. The van der Waals surface area contributed by atoms with Gasteiger partial charge in [0.25, 0.3) is 0 Å². The van der Waals surface area contributed by atoms with Gasteiger partial charge in [-0.2, -0.15) is 0 Å². The molecule has 2 amide bonds. The van der Waals surface area contributed by atoms with Crippen molar-refractivity contribution in [2.24, 2.45) is 0 Å². The molecule has 0 radical (unpaired) electrons. The van der Waals surface area contributed by atoms with E-state index < -0.39 is 6.04 Å². The van der Waals surface area contributed by atoms with Gasteiger partial charge in [-0.15, -0.1) is 0 Å². The van der Waals surface area contributed by atoms with Gasteiger partial charge in [0.15, 0.2) is 0 Å². The van der Waals surface area contributed by atoms with Crippen molar-refractivity contribution in [2.45, 2.75) is 58.7 Å². The van der Waals surface area contributed by atoms with Crippen molar-refractivity contribution >= 4 is 11.8 Å². The zero-order valence-corrected chi connectivity index (χ0v) is 16.8. The van der Waals surface area contributed by atoms with Crippen molar-refractivity contribution in [3.63, 3.8) is 0 Å². The third kappa shape index (κ3) is 6.19. The quantitative estimate of drug-likeness (QED) is 0.708. The molecule has 0 aliphatic rings. The van der Waals surface area contributed by atoms with Gasteiger partial charge in [0, 0.05) is 12.6 Å². The van der Waals surface area contributed by atoms with Crippen LogP contribution in [0, 0.1) is 5.82 Å². The molecule has 0 bridgehead atoms. The van der Waals surface area contributed by atoms with Crippen LogP contribution in [0.1, 0.15) is 44.7 Å². The summed E-state index contributed by atoms with van der Waals surface area (Å²) < 4.78 is 13.3. The summed E-state index contributed by atoms with van der Waals surface area (Å²) in [5.41, 5.74) is 1.69. The van der Waals surface area contributed by atoms with E-state index in [0.29, 0.717) is 6.42 Å². The number of benzene rings is 2. The zero-order chi connectivity index (χ0) is 20.5. The minimum atomic E-state index is -0.574. The molecule has 0 aromatic heterocycles. The van der Waals surface area contributed by atoms with Gasteiger partial charge in [0.1, 0.15) is 11.9 Å². The van der Waals surface area contributed by atoms with Crippen LogP contribution in [0.15, 0.2) is 54.6 Å². The van der Waals surface area contributed by atoms with Gasteiger partial charge < -0.3 is 10.2 Å². The highest BCUT2D eigenvalue weighted by atomic mass is 19.1. The predicted octanol–water partition coefficient (Wildman–Crippen LogP) is 4.09. The molecule has 0 unspecified atom stereocenters. The molecule has 28 heavy (non-hydrogen) atoms. The Kier molecular flexibility index (Phi) is 8.18. The van der Waals surface area contributed by atoms with Gasteiger partial charge >= 0.3 is 0 Å². The highest BCUT2D eigenvalue weighted by molar-refractivity contribution is 5.88. The molecule has 2 rings (SSSR count). The average molecular weight is 384 g/mol. The number of nitrogens with zero attached hydrogens (tertiary/aromatic N) is 1. The number of nitrogens with one attached hydrogen (secondary N) is 1. The summed E-state index contributed by atoms with van der Waals surface area (Å²) in [7, 11) is 0. The summed E-state index contributed by atoms with van der Waals surface area (Å²) in [6, 6.07) is 15.0. The number of hydrogen-bond acceptors (Lipinski definition) is 2. The lowest BCUT2D eigenvalue weighted by Gasteiger charge is -2.31. The number of rotatable bonds is 9. The number of amides is 2. The molecule has 4 nitrogen and oxygen atoms in total. The first-order valence-electron chi connectivity index (χ1n) is 9.82. The Bertz CT molecular complexity index is 762. The molecule has 2 atom stereocenters. The second-order valence-electron chi connectivity index (χ2n) is 7.05. The molecular formula is C23H29FN2O2. The Balaban J connectivity index is 2.25. The van der Waals surface area contributed by atoms with E-state index in [1.807, 2.05) is 51.1 Å². The van der Waals surface area contributed by atoms with Crippen molar-refractivity contribution in [1.82, 2.24) is 10.2 Å². The second kappa shape index (κ2) is 10.6. The summed E-state index contributed by atoms with van der Waals surface area (Å²) in [6.07, 6.45) is 1.54. The highest BCUT2D eigenvalue weighted by Crippen LogP contribution is 2.15. The molecule has 0 fully saturated rings. The molecule has 0 heterocycles. The van der Waals surface area contributed by atoms with Crippen LogP contribution in [0.2, 0.25) is 0 Å². The van der Waals surface area contributed by atoms with Crippen LogP contribution < -0.4 is 5.32 Å². The van der Waals surface area contributed by atoms with Crippen LogP contribution in [-0.2, 0) is 22.6 Å². The molecule has 150 valence electrons. The minimum Gasteiger partial charge on any atom is -0.352 e. The first-order valence-corrected chi connectivity index (χ1v) is 9.82. The molecule has 0 aliphatic heterocycles. The van der Waals surface area contributed by atoms with E-state index >= 15 is 0 Å². The molecule has 0 saturated heterocycles. The molecular weight excluding hydrogens is 355 g/mol. The first-order chi connectivity index (χ1) is 13.4. The van der Waals surface area contributed by atoms with Crippen LogP contribution >= 0.6 is 0 Å². The van der Waals surface area contributed by atoms with Crippen LogP contribution in [0.4, 0.5) is 4.39 Å². The van der Waals surface area contributed by atoms with Crippen LogP contribution in [-0.4, -0.2) is 28.8 Å². The number of carbonyl (C=O) groups is 2. The monoisotopic (exact) mass is 384 g/mol. The maximum absolute atomic E-state index is 13.3. The average Bonchev–Trinajstić information content (AvgIpc) is 2.69. The van der Waals surface area contributed by atoms with Crippen molar-refractivity contribution in [1.29, 1.82) is 0 Å². The number of halogens is 1. The van der Waals surface area contributed by atoms with E-state index in [1.165, 1.54) is 12.1 Å². The molecule has 2 aromatic carbocycles. The maximum Gasteiger partial charge on any atom is 0.243 e. The molecule has 2 aromatic rings. The van der Waals surface area contributed by atoms with Crippen molar-refractivity contribution in [3.05, 3.63) is 71.5 Å². The molecule has 0 aliphatic carbocycles. The normalized spacial score (nSPS) is 12.9. The van der Waals surface area contributed by atoms with Crippen LogP contribution in [0.25, 0.3) is 0 Å². The van der Waals surface area contributed by atoms with Gasteiger partial charge in [-0.25, -0.2) is 4.39 Å². The second-order valence-corrected chi connectivity index (χ2v) is 7.05. The van der Waals surface area contributed by atoms with E-state index in [-0.39, 0.29) is 36.6 Å². The lowest BCUT2D eigenvalue weighted by atomic mass is 10.1. The standard InChI is InChI=1S/C23H29FN2O2/c1-4-17(3)25-23(28)21(5-2)26(16-19-11-13-20(24)14-12-19)22(27)15-18-9-7-6-8-10-18/h6-14,17,21H,4-5,15-16H2,1-3H3,(H,25,28)/t17-,21+/m1/s1. The lowest BCUT2D eigenvalue weighted by molar-refractivity contribution is -0.141. The van der Waals surface area contributed by atoms with Gasteiger partial charge in [-0.3, -0.25) is 9.59 Å². The largest absolute Gasteiger partial charge is 0.352 e. The van der Waals surface area contributed by atoms with Crippen LogP contribution in [0.5, 0.6) is 0 Å². The molecule has 0 saturated carbocycles. The summed E-state index contributed by atoms with van der Waals surface area (Å²) >= 11 is 0. The Morgan fingerprint density at radius 3 is 2.18 bits per heavy atom. The highest BCUT2D eigenvalue weighted by Gasteiger charge is 2.29. The van der Waals surface area contributed by atoms with Gasteiger partial charge in [-0.05, 0) is 43.0 Å². The van der Waals surface area contributed by atoms with Crippen molar-refractivity contribution in [3.8, 4) is 0 Å². The van der Waals surface area contributed by atoms with Crippen LogP contribution in [0.3, 0.4) is 0 Å². The fourth-order valence-corrected chi connectivity index (χ4v) is 3.02. The Morgan fingerprint density at radius 2 is 1.61 bits per heavy atom. The van der Waals surface area contributed by atoms with E-state index in [9.17, 15) is 14.0 Å². The van der Waals surface area contributed by atoms with Gasteiger partial charge in [0.2, 0.25) is 11.8 Å². The summed E-state index contributed by atoms with van der Waals surface area (Å²) in [5.74, 6) is -0.602. The van der Waals surface area contributed by atoms with Crippen molar-refractivity contribution in [2.75, 3.05) is 0 Å². The molecule has 5 heteroatoms. The fraction of sp³-hybridized carbons (Fsp3) is 0.391. The Morgan fingerprint density at radius 1 is 0.964 bits per heavy atom. The molecule has 1 N–H and O–H groups in total. The van der Waals surface area contributed by atoms with Gasteiger partial charge in [0.05, 0.1) is 6.42 Å². The first kappa shape index (κ1) is 21.6.